The second kappa shape index (κ2) is 77.6. The van der Waals surface area contributed by atoms with Gasteiger partial charge in [-0.2, -0.15) is 0 Å². The van der Waals surface area contributed by atoms with E-state index in [0.717, 1.165) is 180 Å². The van der Waals surface area contributed by atoms with Crippen molar-refractivity contribution in [2.75, 3.05) is 39.6 Å². The molecule has 106 heavy (non-hydrogen) atoms. The molecule has 19 heteroatoms. The van der Waals surface area contributed by atoms with Crippen LogP contribution in [0.15, 0.2) is 170 Å². The number of allylic oxidation sites excluding steroid dienone is 28. The van der Waals surface area contributed by atoms with Crippen LogP contribution in [0.25, 0.3) is 0 Å². The van der Waals surface area contributed by atoms with Crippen molar-refractivity contribution in [2.45, 2.75) is 316 Å². The van der Waals surface area contributed by atoms with Gasteiger partial charge in [0.15, 0.2) is 12.2 Å². The molecule has 0 aromatic rings. The summed E-state index contributed by atoms with van der Waals surface area (Å²) in [7, 11) is -10.0. The summed E-state index contributed by atoms with van der Waals surface area (Å²) in [4.78, 5) is 73.0. The van der Waals surface area contributed by atoms with E-state index in [0.29, 0.717) is 32.1 Å². The largest absolute Gasteiger partial charge is 0.472 e. The van der Waals surface area contributed by atoms with Gasteiger partial charge >= 0.3 is 39.5 Å². The van der Waals surface area contributed by atoms with E-state index in [-0.39, 0.29) is 25.7 Å². The Bertz CT molecular complexity index is 2680. The van der Waals surface area contributed by atoms with Gasteiger partial charge in [0.25, 0.3) is 0 Å². The molecule has 0 heterocycles. The van der Waals surface area contributed by atoms with Crippen LogP contribution < -0.4 is 0 Å². The average Bonchev–Trinajstić information content (AvgIpc) is 0.901. The molecule has 0 radical (unpaired) electrons. The number of phosphoric ester groups is 2. The fourth-order valence-electron chi connectivity index (χ4n) is 10.0. The first kappa shape index (κ1) is 100. The lowest BCUT2D eigenvalue weighted by Gasteiger charge is -2.21. The molecule has 0 spiro atoms. The summed E-state index contributed by atoms with van der Waals surface area (Å²) >= 11 is 0. The lowest BCUT2D eigenvalue weighted by molar-refractivity contribution is -0.161. The predicted molar refractivity (Wildman–Crippen MR) is 436 cm³/mol. The standard InChI is InChI=1S/C87H142O17P2/c1-5-9-13-17-21-25-29-32-35-38-40-43-46-49-53-56-60-64-68-72-85(90)98-78-83(104-87(92)74-70-66-62-58-54-50-47-44-41-39-36-33-30-26-22-18-14-10-6-2)80-102-106(95,96)100-76-81(88)75-99-105(93,94)101-79-82(103-86(91)73-69-65-61-57-51-28-24-20-16-12-8-4)77-97-84(89)71-67-63-59-55-52-48-45-42-37-34-31-27-23-19-15-11-7-3/h9,11,13,15,20-27,32-37,40-41,43-45,48-49,53,60,64,81-83,88H,5-8,10,12,14,16-19,28-31,38-39,42,46-47,50-52,54-59,61-63,65-80H2,1-4H3,(H,93,94)(H,95,96)/b13-9-,15-11-,24-20-,25-21-,26-22-,27-23-,35-32-,36-33-,37-34-,43-40-,44-41-,48-45-,53-49-,64-60-. The number of phosphoric acid groups is 2. The zero-order chi connectivity index (χ0) is 77.4. The second-order valence-corrected chi connectivity index (χ2v) is 29.1. The highest BCUT2D eigenvalue weighted by molar-refractivity contribution is 7.47. The van der Waals surface area contributed by atoms with Gasteiger partial charge in [0.05, 0.1) is 26.4 Å². The van der Waals surface area contributed by atoms with E-state index >= 15 is 0 Å². The fourth-order valence-corrected chi connectivity index (χ4v) is 11.6. The first-order chi connectivity index (χ1) is 51.7. The maximum Gasteiger partial charge on any atom is 0.472 e. The number of ether oxygens (including phenoxy) is 4. The van der Waals surface area contributed by atoms with Crippen molar-refractivity contribution in [3.05, 3.63) is 170 Å². The van der Waals surface area contributed by atoms with E-state index in [1.54, 1.807) is 0 Å². The summed E-state index contributed by atoms with van der Waals surface area (Å²) in [6, 6.07) is 0. The van der Waals surface area contributed by atoms with E-state index in [9.17, 15) is 43.2 Å². The highest BCUT2D eigenvalue weighted by Gasteiger charge is 2.30. The molecule has 0 amide bonds. The first-order valence-electron chi connectivity index (χ1n) is 40.4. The Hall–Kier alpha value is -5.58. The van der Waals surface area contributed by atoms with Gasteiger partial charge in [-0.3, -0.25) is 37.3 Å². The van der Waals surface area contributed by atoms with Crippen molar-refractivity contribution in [2.24, 2.45) is 0 Å². The molecule has 5 unspecified atom stereocenters. The van der Waals surface area contributed by atoms with E-state index in [1.807, 2.05) is 18.2 Å². The maximum atomic E-state index is 13.1. The number of esters is 4. The van der Waals surface area contributed by atoms with Gasteiger partial charge in [-0.25, -0.2) is 9.13 Å². The molecule has 17 nitrogen and oxygen atoms in total. The second-order valence-electron chi connectivity index (χ2n) is 26.2. The maximum absolute atomic E-state index is 13.1. The van der Waals surface area contributed by atoms with Crippen molar-refractivity contribution in [1.82, 2.24) is 0 Å². The molecule has 3 N–H and O–H groups in total. The van der Waals surface area contributed by atoms with E-state index < -0.39 is 97.5 Å². The molecule has 0 bridgehead atoms. The molecule has 602 valence electrons. The molecule has 0 fully saturated rings. The van der Waals surface area contributed by atoms with Crippen LogP contribution in [-0.4, -0.2) is 96.7 Å². The van der Waals surface area contributed by atoms with Crippen LogP contribution in [-0.2, 0) is 65.4 Å². The van der Waals surface area contributed by atoms with Crippen molar-refractivity contribution in [3.8, 4) is 0 Å². The summed E-state index contributed by atoms with van der Waals surface area (Å²) in [6.07, 6.45) is 92.1. The third-order valence-electron chi connectivity index (χ3n) is 16.2. The first-order valence-corrected chi connectivity index (χ1v) is 43.4. The summed E-state index contributed by atoms with van der Waals surface area (Å²) < 4.78 is 68.5. The number of carbonyl (C=O) groups is 4. The van der Waals surface area contributed by atoms with Crippen molar-refractivity contribution < 1.29 is 80.2 Å². The Morgan fingerprint density at radius 1 is 0.274 bits per heavy atom. The van der Waals surface area contributed by atoms with Crippen LogP contribution in [0.3, 0.4) is 0 Å². The molecule has 0 saturated heterocycles. The number of unbranched alkanes of at least 4 members (excludes halogenated alkanes) is 20. The monoisotopic (exact) mass is 1520 g/mol. The van der Waals surface area contributed by atoms with Gasteiger partial charge in [0.1, 0.15) is 19.3 Å². The SMILES string of the molecule is CC/C=C\C/C=C\C/C=C\C/C=C\C/C=C\C/C=C\CCC(=O)OCC(COP(=O)(O)OCC(O)COP(=O)(O)OCC(COC(=O)CCCCCC/C=C\C/C=C\C/C=C\C/C=C\CC)OC(=O)CCCCCCC/C=C\CCCC)OC(=O)CCCCCCCC/C=C\C/C=C\C/C=C\CCCCC. The smallest absolute Gasteiger partial charge is 0.462 e. The van der Waals surface area contributed by atoms with Crippen LogP contribution in [0.1, 0.15) is 297 Å². The molecule has 0 aromatic carbocycles. The van der Waals surface area contributed by atoms with Gasteiger partial charge in [0, 0.05) is 25.7 Å². The third-order valence-corrected chi connectivity index (χ3v) is 18.1. The molecule has 0 aliphatic carbocycles. The van der Waals surface area contributed by atoms with Gasteiger partial charge in [-0.15, -0.1) is 0 Å². The van der Waals surface area contributed by atoms with Crippen LogP contribution in [0.4, 0.5) is 0 Å². The fraction of sp³-hybridized carbons (Fsp3) is 0.632. The van der Waals surface area contributed by atoms with E-state index in [4.69, 9.17) is 37.0 Å². The Labute approximate surface area is 642 Å². The normalized spacial score (nSPS) is 14.7. The number of hydrogen-bond acceptors (Lipinski definition) is 15. The Morgan fingerprint density at radius 2 is 0.519 bits per heavy atom. The third kappa shape index (κ3) is 76.6. The minimum absolute atomic E-state index is 0.0271. The summed E-state index contributed by atoms with van der Waals surface area (Å²) in [5.41, 5.74) is 0. The topological polar surface area (TPSA) is 237 Å². The number of hydrogen-bond donors (Lipinski definition) is 3. The molecular formula is C87H142O17P2. The quantitative estimate of drug-likeness (QED) is 0.0169. The van der Waals surface area contributed by atoms with Crippen LogP contribution in [0.2, 0.25) is 0 Å². The predicted octanol–water partition coefficient (Wildman–Crippen LogP) is 23.8. The van der Waals surface area contributed by atoms with Crippen LogP contribution in [0, 0.1) is 0 Å². The molecule has 0 aliphatic heterocycles. The summed E-state index contributed by atoms with van der Waals surface area (Å²) in [5, 5.41) is 10.6. The van der Waals surface area contributed by atoms with Crippen molar-refractivity contribution in [3.63, 3.8) is 0 Å². The van der Waals surface area contributed by atoms with Crippen LogP contribution in [0.5, 0.6) is 0 Å². The number of carbonyl (C=O) groups excluding carboxylic acids is 4. The summed E-state index contributed by atoms with van der Waals surface area (Å²) in [6.45, 7) is 4.43. The number of aliphatic hydroxyl groups excluding tert-OH is 1. The molecule has 0 aliphatic rings. The minimum Gasteiger partial charge on any atom is -0.462 e. The highest BCUT2D eigenvalue weighted by Crippen LogP contribution is 2.45. The molecule has 0 aromatic heterocycles. The van der Waals surface area contributed by atoms with Crippen LogP contribution >= 0.6 is 15.6 Å². The Kier molecular flexibility index (Phi) is 73.5. The van der Waals surface area contributed by atoms with Crippen molar-refractivity contribution in [1.29, 1.82) is 0 Å². The van der Waals surface area contributed by atoms with Gasteiger partial charge < -0.3 is 33.8 Å². The van der Waals surface area contributed by atoms with Gasteiger partial charge in [-0.1, -0.05) is 281 Å². The van der Waals surface area contributed by atoms with Gasteiger partial charge in [0.2, 0.25) is 0 Å². The van der Waals surface area contributed by atoms with Gasteiger partial charge in [-0.05, 0) is 161 Å². The lowest BCUT2D eigenvalue weighted by Crippen LogP contribution is -2.30. The van der Waals surface area contributed by atoms with E-state index in [2.05, 4.69) is 180 Å². The number of aliphatic hydroxyl groups is 1. The highest BCUT2D eigenvalue weighted by atomic mass is 31.2. The zero-order valence-corrected chi connectivity index (χ0v) is 67.6. The average molecular weight is 1520 g/mol. The Balaban J connectivity index is 5.46. The Morgan fingerprint density at radius 3 is 0.849 bits per heavy atom. The number of rotatable bonds is 74. The van der Waals surface area contributed by atoms with Crippen molar-refractivity contribution >= 4 is 39.5 Å². The molecular weight excluding hydrogens is 1380 g/mol. The molecule has 0 rings (SSSR count). The zero-order valence-electron chi connectivity index (χ0n) is 65.8. The lowest BCUT2D eigenvalue weighted by atomic mass is 10.1. The molecule has 5 atom stereocenters. The molecule has 0 saturated carbocycles. The van der Waals surface area contributed by atoms with E-state index in [1.165, 1.54) is 32.1 Å². The minimum atomic E-state index is -5.01. The summed E-state index contributed by atoms with van der Waals surface area (Å²) in [5.74, 6) is -2.33.